The average Bonchev–Trinajstić information content (AvgIpc) is 2.61. The van der Waals surface area contributed by atoms with Gasteiger partial charge in [-0.2, -0.15) is 0 Å². The normalized spacial score (nSPS) is 17.8. The molecule has 0 aromatic heterocycles. The van der Waals surface area contributed by atoms with Crippen LogP contribution in [0.3, 0.4) is 0 Å². The molecule has 4 amide bonds. The highest BCUT2D eigenvalue weighted by atomic mass is 16.6. The third-order valence-corrected chi connectivity index (χ3v) is 16.0. The molecule has 0 unspecified atom stereocenters. The maximum atomic E-state index is 14.4. The number of hydrogen-bond acceptors (Lipinski definition) is 16. The van der Waals surface area contributed by atoms with E-state index in [2.05, 4.69) is 23.8 Å². The third kappa shape index (κ3) is 16.2. The summed E-state index contributed by atoms with van der Waals surface area (Å²) in [6.45, 7) is 13.4. The lowest BCUT2D eigenvalue weighted by molar-refractivity contribution is -0.146. The van der Waals surface area contributed by atoms with Crippen molar-refractivity contribution < 1.29 is 76.9 Å². The quantitative estimate of drug-likeness (QED) is 0.0213. The summed E-state index contributed by atoms with van der Waals surface area (Å²) in [5.74, 6) is -2.09. The molecular weight excluding hydrogens is 1060 g/mol. The van der Waals surface area contributed by atoms with Gasteiger partial charge in [-0.15, -0.1) is 0 Å². The third-order valence-electron chi connectivity index (χ3n) is 16.0. The fraction of sp³-hybridized carbons (Fsp3) is 0.532. The number of nitrogens with zero attached hydrogens (tertiary/aromatic N) is 2. The van der Waals surface area contributed by atoms with E-state index >= 15 is 0 Å². The number of hydrogen-bond donors (Lipinski definition) is 4. The molecule has 2 heterocycles. The molecule has 0 bridgehead atoms. The molecule has 82 heavy (non-hydrogen) atoms. The van der Waals surface area contributed by atoms with Gasteiger partial charge in [-0.3, -0.25) is 34.1 Å². The number of Topliss-reactive ketones (excluding diaryl/α,β-unsaturated/α-hetero) is 1. The first kappa shape index (κ1) is 62.2. The molecule has 4 N–H and O–H groups in total. The first-order chi connectivity index (χ1) is 39.4. The Morgan fingerprint density at radius 1 is 0.671 bits per heavy atom. The zero-order chi connectivity index (χ0) is 59.1. The number of nitrogens with one attached hydrogen (secondary N) is 2. The van der Waals surface area contributed by atoms with Gasteiger partial charge in [0.1, 0.15) is 19.8 Å². The number of ether oxygens (including phenoxy) is 7. The van der Waals surface area contributed by atoms with Crippen molar-refractivity contribution in [3.63, 3.8) is 0 Å². The number of aliphatic hydroxyl groups is 2. The molecule has 4 fully saturated rings. The number of anilines is 1. The zero-order valence-electron chi connectivity index (χ0n) is 47.9. The predicted octanol–water partition coefficient (Wildman–Crippen LogP) is 7.33. The van der Waals surface area contributed by atoms with E-state index in [1.165, 1.54) is 38.5 Å². The number of unbranched alkanes of at least 4 members (excludes halogenated alkanes) is 2. The number of benzene rings is 3. The van der Waals surface area contributed by atoms with Crippen LogP contribution in [0.5, 0.6) is 23.0 Å². The molecule has 4 atom stereocenters. The largest absolute Gasteiger partial charge is 0.493 e. The Morgan fingerprint density at radius 2 is 1.20 bits per heavy atom. The smallest absolute Gasteiger partial charge is 0.411 e. The van der Waals surface area contributed by atoms with Crippen LogP contribution in [0, 0.1) is 22.7 Å². The molecule has 2 saturated carbocycles. The van der Waals surface area contributed by atoms with E-state index in [-0.39, 0.29) is 128 Å². The molecule has 2 aliphatic heterocycles. The van der Waals surface area contributed by atoms with E-state index in [0.29, 0.717) is 67.0 Å². The molecule has 2 spiro atoms. The van der Waals surface area contributed by atoms with Crippen molar-refractivity contribution >= 4 is 47.2 Å². The summed E-state index contributed by atoms with van der Waals surface area (Å²) in [7, 11) is 2.92. The van der Waals surface area contributed by atoms with Crippen molar-refractivity contribution in [2.45, 2.75) is 123 Å². The monoisotopic (exact) mass is 1140 g/mol. The number of methoxy groups -OCH3 is 2. The minimum atomic E-state index is -0.854. The van der Waals surface area contributed by atoms with Crippen molar-refractivity contribution in [3.05, 3.63) is 102 Å². The van der Waals surface area contributed by atoms with E-state index in [0.717, 1.165) is 32.1 Å². The van der Waals surface area contributed by atoms with Gasteiger partial charge in [0.15, 0.2) is 28.8 Å². The van der Waals surface area contributed by atoms with Gasteiger partial charge < -0.3 is 58.5 Å². The fourth-order valence-electron chi connectivity index (χ4n) is 10.8. The first-order valence-corrected chi connectivity index (χ1v) is 28.3. The van der Waals surface area contributed by atoms with Crippen molar-refractivity contribution in [3.8, 4) is 23.0 Å². The number of aliphatic hydroxyl groups excluding tert-OH is 2. The molecule has 444 valence electrons. The van der Waals surface area contributed by atoms with E-state index in [1.54, 1.807) is 53.1 Å². The number of carbonyl (C=O) groups excluding carboxylic acids is 7. The van der Waals surface area contributed by atoms with E-state index < -0.39 is 47.8 Å². The first-order valence-electron chi connectivity index (χ1n) is 28.3. The van der Waals surface area contributed by atoms with E-state index in [9.17, 15) is 43.8 Å². The average molecular weight is 1140 g/mol. The molecule has 20 heteroatoms. The zero-order valence-corrected chi connectivity index (χ0v) is 47.9. The molecule has 7 rings (SSSR count). The van der Waals surface area contributed by atoms with Crippen molar-refractivity contribution in [2.24, 2.45) is 22.7 Å². The minimum absolute atomic E-state index is 0.0161. The Balaban J connectivity index is 0.956. The van der Waals surface area contributed by atoms with Crippen LogP contribution in [0.2, 0.25) is 0 Å². The molecule has 0 radical (unpaired) electrons. The van der Waals surface area contributed by atoms with E-state index in [4.69, 9.17) is 33.2 Å². The van der Waals surface area contributed by atoms with Gasteiger partial charge in [-0.25, -0.2) is 4.79 Å². The van der Waals surface area contributed by atoms with Gasteiger partial charge in [0, 0.05) is 31.1 Å². The van der Waals surface area contributed by atoms with Crippen LogP contribution < -0.4 is 29.6 Å². The van der Waals surface area contributed by atoms with Crippen LogP contribution in [0.15, 0.2) is 73.8 Å². The maximum absolute atomic E-state index is 14.4. The summed E-state index contributed by atoms with van der Waals surface area (Å²) in [6.07, 6.45) is 8.91. The molecular formula is C62H80N4O16. The van der Waals surface area contributed by atoms with Gasteiger partial charge in [0.05, 0.1) is 88.8 Å². The Hall–Kier alpha value is -7.45. The number of likely N-dealkylation sites (tertiary alicyclic amines) is 2. The lowest BCUT2D eigenvalue weighted by atomic mass is 9.91. The molecule has 4 aliphatic rings. The Bertz CT molecular complexity index is 2810. The molecule has 3 aromatic rings. The van der Waals surface area contributed by atoms with Gasteiger partial charge in [0.25, 0.3) is 11.8 Å². The highest BCUT2D eigenvalue weighted by Crippen LogP contribution is 2.56. The highest BCUT2D eigenvalue weighted by Gasteiger charge is 2.54. The second-order valence-corrected chi connectivity index (χ2v) is 22.5. The summed E-state index contributed by atoms with van der Waals surface area (Å²) in [4.78, 5) is 96.8. The van der Waals surface area contributed by atoms with Gasteiger partial charge in [-0.1, -0.05) is 63.4 Å². The summed E-state index contributed by atoms with van der Waals surface area (Å²) in [5, 5.41) is 26.0. The predicted molar refractivity (Wildman–Crippen MR) is 303 cm³/mol. The van der Waals surface area contributed by atoms with Crippen LogP contribution in [-0.2, 0) is 52.8 Å². The maximum Gasteiger partial charge on any atom is 0.411 e. The second-order valence-electron chi connectivity index (χ2n) is 22.5. The van der Waals surface area contributed by atoms with Crippen molar-refractivity contribution in [2.75, 3.05) is 72.3 Å². The summed E-state index contributed by atoms with van der Waals surface area (Å²) >= 11 is 0. The van der Waals surface area contributed by atoms with Crippen LogP contribution in [0.25, 0.3) is 0 Å². The number of amides is 4. The summed E-state index contributed by atoms with van der Waals surface area (Å²) < 4.78 is 39.8. The molecule has 2 saturated heterocycles. The van der Waals surface area contributed by atoms with Crippen molar-refractivity contribution in [1.82, 2.24) is 15.1 Å². The molecule has 20 nitrogen and oxygen atoms in total. The topological polar surface area (TPSA) is 255 Å². The van der Waals surface area contributed by atoms with E-state index in [1.807, 2.05) is 13.8 Å². The molecule has 2 aliphatic carbocycles. The Labute approximate surface area is 479 Å². The van der Waals surface area contributed by atoms with Crippen molar-refractivity contribution in [1.29, 1.82) is 0 Å². The van der Waals surface area contributed by atoms with Crippen LogP contribution in [0.4, 0.5) is 10.5 Å². The van der Waals surface area contributed by atoms with Crippen LogP contribution >= 0.6 is 0 Å². The van der Waals surface area contributed by atoms with Crippen LogP contribution in [-0.4, -0.2) is 147 Å². The minimum Gasteiger partial charge on any atom is -0.493 e. The van der Waals surface area contributed by atoms with Gasteiger partial charge in [-0.05, 0) is 116 Å². The van der Waals surface area contributed by atoms with Crippen LogP contribution in [0.1, 0.15) is 122 Å². The number of carbonyl (C=O) groups is 7. The standard InChI is InChI=1S/C62H80N4O16/c1-8-21-80-55(70)27-43-26-53(51(76-6)28-47(43)58(73)65-37-61(17-18-61)32-44(65)34-67)78-23-11-10-12-24-79-54-31-49(48(29-52(54)77-7)59(74)66-38-62(19-20-62)33-45(66)35-68)64-60(75)82-36-42-15-13-41(14-16-42)25-50(69)40(5)63-57(72)46(39(3)4)30-56(71)81-22-9-2/h8-9,13-16,26,28-29,31,39-40,44-46,67-68H,1-2,10-12,17-25,27,30,32-38H2,3-7H3,(H,63,72)(H,64,75)/t40-,44-,45-,46-/m0/s1. The molecule has 3 aromatic carbocycles. The Morgan fingerprint density at radius 3 is 1.72 bits per heavy atom. The summed E-state index contributed by atoms with van der Waals surface area (Å²) in [6, 6.07) is 11.6. The SMILES string of the molecule is C=CCOC(=O)Cc1cc(OCCCCCOc2cc(NC(=O)OCc3ccc(CC(=O)[C@H](C)NC(=O)[C@@H](CC(=O)OCC=C)C(C)C)cc3)c(C(=O)N3CC4(CC4)C[C@H]3CO)cc2OC)c(OC)cc1C(=O)N1CC2(CC2)C[C@H]1CO. The number of rotatable bonds is 31. The fourth-order valence-corrected chi connectivity index (χ4v) is 10.8. The van der Waals surface area contributed by atoms with Gasteiger partial charge >= 0.3 is 18.0 Å². The Kier molecular flexibility index (Phi) is 21.6. The lowest BCUT2D eigenvalue weighted by Gasteiger charge is -2.25. The van der Waals surface area contributed by atoms with Gasteiger partial charge in [0.2, 0.25) is 5.91 Å². The lowest BCUT2D eigenvalue weighted by Crippen LogP contribution is -2.44. The second kappa shape index (κ2) is 28.5. The number of ketones is 1. The highest BCUT2D eigenvalue weighted by molar-refractivity contribution is 6.04. The number of esters is 2. The summed E-state index contributed by atoms with van der Waals surface area (Å²) in [5.41, 5.74) is 2.23.